The van der Waals surface area contributed by atoms with E-state index in [0.29, 0.717) is 51.2 Å². The Hall–Kier alpha value is -2.47. The fraction of sp³-hybridized carbons (Fsp3) is 0.500. The van der Waals surface area contributed by atoms with Gasteiger partial charge < -0.3 is 10.1 Å². The number of hydrogen-bond acceptors (Lipinski definition) is 6. The third-order valence-corrected chi connectivity index (χ3v) is 10.9. The van der Waals surface area contributed by atoms with Crippen molar-refractivity contribution in [1.82, 2.24) is 13.9 Å². The van der Waals surface area contributed by atoms with E-state index in [1.165, 1.54) is 14.7 Å². The highest BCUT2D eigenvalue weighted by atomic mass is 32.2. The number of nitrogens with one attached hydrogen (secondary N) is 1. The van der Waals surface area contributed by atoms with Crippen molar-refractivity contribution in [2.75, 3.05) is 39.8 Å². The predicted octanol–water partition coefficient (Wildman–Crippen LogP) is 2.55. The molecule has 1 amide bonds. The van der Waals surface area contributed by atoms with E-state index >= 15 is 0 Å². The van der Waals surface area contributed by atoms with E-state index < -0.39 is 26.0 Å². The largest absolute Gasteiger partial charge is 0.496 e. The van der Waals surface area contributed by atoms with Crippen LogP contribution < -0.4 is 10.1 Å². The fourth-order valence-electron chi connectivity index (χ4n) is 4.92. The van der Waals surface area contributed by atoms with E-state index in [9.17, 15) is 21.6 Å². The molecule has 1 N–H and O–H groups in total. The van der Waals surface area contributed by atoms with E-state index in [-0.39, 0.29) is 22.2 Å². The van der Waals surface area contributed by atoms with Gasteiger partial charge in [0.1, 0.15) is 5.75 Å². The van der Waals surface area contributed by atoms with Gasteiger partial charge in [0.2, 0.25) is 26.0 Å². The number of amides is 1. The lowest BCUT2D eigenvalue weighted by Gasteiger charge is -2.31. The minimum absolute atomic E-state index is 0.141. The molecule has 0 bridgehead atoms. The minimum atomic E-state index is -3.72. The van der Waals surface area contributed by atoms with Crippen molar-refractivity contribution in [1.29, 1.82) is 0 Å². The van der Waals surface area contributed by atoms with Crippen LogP contribution in [0, 0.1) is 12.8 Å². The second-order valence-electron chi connectivity index (χ2n) is 9.63. The molecule has 2 aliphatic rings. The van der Waals surface area contributed by atoms with Crippen molar-refractivity contribution in [3.8, 4) is 5.75 Å². The van der Waals surface area contributed by atoms with Gasteiger partial charge in [-0.15, -0.1) is 0 Å². The number of sulfonamides is 2. The molecule has 2 aliphatic heterocycles. The smallest absolute Gasteiger partial charge is 0.243 e. The number of carbonyl (C=O) groups is 1. The number of nitrogens with zero attached hydrogens (tertiary/aromatic N) is 2. The number of aryl methyl sites for hydroxylation is 1. The molecular weight excluding hydrogens is 514 g/mol. The number of carbonyl (C=O) groups excluding carboxylic acids is 1. The highest BCUT2D eigenvalue weighted by Gasteiger charge is 2.33. The molecule has 11 heteroatoms. The van der Waals surface area contributed by atoms with Crippen LogP contribution in [0.4, 0.5) is 0 Å². The van der Waals surface area contributed by atoms with Crippen LogP contribution in [-0.4, -0.2) is 71.2 Å². The number of benzene rings is 2. The maximum Gasteiger partial charge on any atom is 0.243 e. The second kappa shape index (κ2) is 11.5. The molecular formula is C26H35N3O6S2. The molecule has 202 valence electrons. The Morgan fingerprint density at radius 3 is 2.19 bits per heavy atom. The van der Waals surface area contributed by atoms with Gasteiger partial charge in [0.15, 0.2) is 0 Å². The number of rotatable bonds is 9. The fourth-order valence-corrected chi connectivity index (χ4v) is 8.04. The standard InChI is InChI=1S/C26H35N3O6S2/c1-20-18-24(11-12-25(20)35-2)37(33,34)29-17-5-6-22(19-29)26(30)27-14-13-21-7-9-23(10-8-21)36(31,32)28-15-3-4-16-28/h7-12,18,22H,3-6,13-17,19H2,1-2H3,(H,27,30). The molecule has 2 saturated heterocycles. The summed E-state index contributed by atoms with van der Waals surface area (Å²) in [6.07, 6.45) is 3.57. The highest BCUT2D eigenvalue weighted by Crippen LogP contribution is 2.27. The van der Waals surface area contributed by atoms with E-state index in [0.717, 1.165) is 24.0 Å². The first-order valence-corrected chi connectivity index (χ1v) is 15.5. The number of ether oxygens (including phenoxy) is 1. The summed E-state index contributed by atoms with van der Waals surface area (Å²) in [6, 6.07) is 11.6. The Labute approximate surface area is 219 Å². The summed E-state index contributed by atoms with van der Waals surface area (Å²) in [7, 11) is -5.62. The Balaban J connectivity index is 1.31. The van der Waals surface area contributed by atoms with Gasteiger partial charge >= 0.3 is 0 Å². The zero-order chi connectivity index (χ0) is 26.6. The van der Waals surface area contributed by atoms with Crippen LogP contribution in [-0.2, 0) is 31.3 Å². The first-order valence-electron chi connectivity index (χ1n) is 12.6. The van der Waals surface area contributed by atoms with Gasteiger partial charge in [0.05, 0.1) is 22.8 Å². The molecule has 37 heavy (non-hydrogen) atoms. The van der Waals surface area contributed by atoms with Crippen LogP contribution in [0.1, 0.15) is 36.8 Å². The topological polar surface area (TPSA) is 113 Å². The molecule has 1 unspecified atom stereocenters. The normalized spacial score (nSPS) is 19.6. The van der Waals surface area contributed by atoms with Crippen molar-refractivity contribution in [2.45, 2.75) is 48.8 Å². The molecule has 4 rings (SSSR count). The van der Waals surface area contributed by atoms with Gasteiger partial charge in [-0.3, -0.25) is 4.79 Å². The van der Waals surface area contributed by atoms with E-state index in [2.05, 4.69) is 5.32 Å². The Bertz CT molecular complexity index is 1320. The van der Waals surface area contributed by atoms with E-state index in [1.54, 1.807) is 50.4 Å². The SMILES string of the molecule is COc1ccc(S(=O)(=O)N2CCCC(C(=O)NCCc3ccc(S(=O)(=O)N4CCCC4)cc3)C2)cc1C. The van der Waals surface area contributed by atoms with Gasteiger partial charge in [0, 0.05) is 32.7 Å². The molecule has 1 atom stereocenters. The molecule has 2 fully saturated rings. The summed E-state index contributed by atoms with van der Waals surface area (Å²) in [5.41, 5.74) is 1.65. The molecule has 2 aromatic rings. The molecule has 2 heterocycles. The van der Waals surface area contributed by atoms with Crippen LogP contribution in [0.5, 0.6) is 5.75 Å². The monoisotopic (exact) mass is 549 g/mol. The zero-order valence-electron chi connectivity index (χ0n) is 21.4. The Morgan fingerprint density at radius 1 is 0.919 bits per heavy atom. The zero-order valence-corrected chi connectivity index (χ0v) is 23.0. The number of methoxy groups -OCH3 is 1. The molecule has 0 aliphatic carbocycles. The van der Waals surface area contributed by atoms with Crippen molar-refractivity contribution in [3.63, 3.8) is 0 Å². The average Bonchev–Trinajstić information content (AvgIpc) is 3.45. The summed E-state index contributed by atoms with van der Waals surface area (Å²) >= 11 is 0. The van der Waals surface area contributed by atoms with Gasteiger partial charge in [-0.1, -0.05) is 12.1 Å². The molecule has 9 nitrogen and oxygen atoms in total. The van der Waals surface area contributed by atoms with Crippen molar-refractivity contribution >= 4 is 26.0 Å². The summed E-state index contributed by atoms with van der Waals surface area (Å²) < 4.78 is 59.9. The van der Waals surface area contributed by atoms with Crippen LogP contribution >= 0.6 is 0 Å². The van der Waals surface area contributed by atoms with Crippen LogP contribution in [0.3, 0.4) is 0 Å². The molecule has 0 saturated carbocycles. The van der Waals surface area contributed by atoms with Crippen LogP contribution in [0.15, 0.2) is 52.3 Å². The average molecular weight is 550 g/mol. The maximum atomic E-state index is 13.2. The van der Waals surface area contributed by atoms with Crippen molar-refractivity contribution in [3.05, 3.63) is 53.6 Å². The maximum absolute atomic E-state index is 13.2. The predicted molar refractivity (Wildman–Crippen MR) is 140 cm³/mol. The molecule has 0 aromatic heterocycles. The number of piperidine rings is 1. The lowest BCUT2D eigenvalue weighted by atomic mass is 9.99. The van der Waals surface area contributed by atoms with Gasteiger partial charge in [-0.05, 0) is 80.5 Å². The van der Waals surface area contributed by atoms with Crippen LogP contribution in [0.25, 0.3) is 0 Å². The summed E-state index contributed by atoms with van der Waals surface area (Å²) in [4.78, 5) is 13.3. The third kappa shape index (κ3) is 6.17. The molecule has 0 spiro atoms. The lowest BCUT2D eigenvalue weighted by Crippen LogP contribution is -2.45. The van der Waals surface area contributed by atoms with Crippen molar-refractivity contribution in [2.24, 2.45) is 5.92 Å². The Kier molecular flexibility index (Phi) is 8.57. The molecule has 2 aromatic carbocycles. The summed E-state index contributed by atoms with van der Waals surface area (Å²) in [5, 5.41) is 2.92. The highest BCUT2D eigenvalue weighted by molar-refractivity contribution is 7.89. The minimum Gasteiger partial charge on any atom is -0.496 e. The first kappa shape index (κ1) is 27.6. The molecule has 0 radical (unpaired) electrons. The Morgan fingerprint density at radius 2 is 1.54 bits per heavy atom. The summed E-state index contributed by atoms with van der Waals surface area (Å²) in [6.45, 7) is 3.83. The van der Waals surface area contributed by atoms with Gasteiger partial charge in [0.25, 0.3) is 0 Å². The van der Waals surface area contributed by atoms with E-state index in [4.69, 9.17) is 4.74 Å². The lowest BCUT2D eigenvalue weighted by molar-refractivity contribution is -0.126. The van der Waals surface area contributed by atoms with Crippen LogP contribution in [0.2, 0.25) is 0 Å². The van der Waals surface area contributed by atoms with Crippen molar-refractivity contribution < 1.29 is 26.4 Å². The second-order valence-corrected chi connectivity index (χ2v) is 13.5. The first-order chi connectivity index (χ1) is 17.6. The quantitative estimate of drug-likeness (QED) is 0.514. The van der Waals surface area contributed by atoms with E-state index in [1.807, 2.05) is 0 Å². The summed E-state index contributed by atoms with van der Waals surface area (Å²) in [5.74, 6) is 0.0348. The van der Waals surface area contributed by atoms with Gasteiger partial charge in [-0.25, -0.2) is 16.8 Å². The van der Waals surface area contributed by atoms with Gasteiger partial charge in [-0.2, -0.15) is 8.61 Å². The third-order valence-electron chi connectivity index (χ3n) is 7.10. The number of hydrogen-bond donors (Lipinski definition) is 1.